The summed E-state index contributed by atoms with van der Waals surface area (Å²) in [5.41, 5.74) is 3.84. The Balaban J connectivity index is 2.36. The highest BCUT2D eigenvalue weighted by molar-refractivity contribution is 9.10. The Labute approximate surface area is 151 Å². The van der Waals surface area contributed by atoms with Crippen molar-refractivity contribution in [1.29, 1.82) is 0 Å². The van der Waals surface area contributed by atoms with Crippen molar-refractivity contribution in [3.8, 4) is 5.69 Å². The van der Waals surface area contributed by atoms with Crippen LogP contribution in [0.3, 0.4) is 0 Å². The lowest BCUT2D eigenvalue weighted by Crippen LogP contribution is -2.09. The van der Waals surface area contributed by atoms with E-state index in [1.54, 1.807) is 6.92 Å². The maximum Gasteiger partial charge on any atom is 0.310 e. The molecule has 3 aromatic rings. The molecule has 1 atom stereocenters. The van der Waals surface area contributed by atoms with Gasteiger partial charge in [-0.2, -0.15) is 0 Å². The normalized spacial score (nSPS) is 12.5. The van der Waals surface area contributed by atoms with Gasteiger partial charge in [0, 0.05) is 25.7 Å². The first-order valence-electron chi connectivity index (χ1n) is 7.19. The first-order valence-corrected chi connectivity index (χ1v) is 8.78. The van der Waals surface area contributed by atoms with Gasteiger partial charge in [0.15, 0.2) is 0 Å². The van der Waals surface area contributed by atoms with Gasteiger partial charge in [0.1, 0.15) is 0 Å². The number of nitrogens with zero attached hydrogens (tertiary/aromatic N) is 1. The van der Waals surface area contributed by atoms with Crippen LogP contribution in [0.2, 0.25) is 0 Å². The van der Waals surface area contributed by atoms with Crippen molar-refractivity contribution >= 4 is 48.7 Å². The molecule has 0 bridgehead atoms. The minimum absolute atomic E-state index is 0.566. The number of carbonyl (C=O) groups is 1. The minimum Gasteiger partial charge on any atom is -0.481 e. The number of fused-ring (bicyclic) bond motifs is 1. The summed E-state index contributed by atoms with van der Waals surface area (Å²) in [7, 11) is 0. The summed E-state index contributed by atoms with van der Waals surface area (Å²) < 4.78 is 4.07. The number of aromatic nitrogens is 1. The summed E-state index contributed by atoms with van der Waals surface area (Å²) >= 11 is 6.94. The number of carboxylic acid groups (broad SMARTS) is 1. The number of rotatable bonds is 3. The maximum atomic E-state index is 11.5. The maximum absolute atomic E-state index is 11.5. The highest BCUT2D eigenvalue weighted by atomic mass is 79.9. The zero-order valence-electron chi connectivity index (χ0n) is 12.7. The fourth-order valence-electron chi connectivity index (χ4n) is 3.01. The van der Waals surface area contributed by atoms with Crippen molar-refractivity contribution in [2.75, 3.05) is 0 Å². The van der Waals surface area contributed by atoms with E-state index in [0.717, 1.165) is 36.8 Å². The molecule has 0 aliphatic carbocycles. The standard InChI is InChI=1S/C18H15Br2NO2/c1-10(18(22)23)17-11(2)21(14-6-3-12(19)4-7-14)16-8-5-13(20)9-15(16)17/h3-10H,1-2H3,(H,22,23). The summed E-state index contributed by atoms with van der Waals surface area (Å²) in [6, 6.07) is 14.0. The molecule has 5 heteroatoms. The lowest BCUT2D eigenvalue weighted by atomic mass is 9.98. The second-order valence-electron chi connectivity index (χ2n) is 5.53. The van der Waals surface area contributed by atoms with Crippen LogP contribution in [0.15, 0.2) is 51.4 Å². The molecule has 0 saturated heterocycles. The molecule has 23 heavy (non-hydrogen) atoms. The van der Waals surface area contributed by atoms with E-state index in [1.807, 2.05) is 49.4 Å². The molecule has 1 aromatic heterocycles. The van der Waals surface area contributed by atoms with E-state index in [0.29, 0.717) is 0 Å². The van der Waals surface area contributed by atoms with Crippen molar-refractivity contribution in [3.63, 3.8) is 0 Å². The van der Waals surface area contributed by atoms with Crippen molar-refractivity contribution in [1.82, 2.24) is 4.57 Å². The van der Waals surface area contributed by atoms with E-state index in [-0.39, 0.29) is 0 Å². The Hall–Kier alpha value is -1.59. The molecule has 0 aliphatic heterocycles. The largest absolute Gasteiger partial charge is 0.481 e. The van der Waals surface area contributed by atoms with E-state index < -0.39 is 11.9 Å². The van der Waals surface area contributed by atoms with Gasteiger partial charge < -0.3 is 9.67 Å². The Morgan fingerprint density at radius 1 is 1.09 bits per heavy atom. The number of hydrogen-bond donors (Lipinski definition) is 1. The lowest BCUT2D eigenvalue weighted by molar-refractivity contribution is -0.138. The average Bonchev–Trinajstić information content (AvgIpc) is 2.78. The Morgan fingerprint density at radius 2 is 1.70 bits per heavy atom. The second kappa shape index (κ2) is 6.13. The van der Waals surface area contributed by atoms with Gasteiger partial charge in [-0.1, -0.05) is 31.9 Å². The molecule has 0 spiro atoms. The molecule has 3 nitrogen and oxygen atoms in total. The summed E-state index contributed by atoms with van der Waals surface area (Å²) in [4.78, 5) is 11.5. The Morgan fingerprint density at radius 3 is 2.30 bits per heavy atom. The molecule has 0 aliphatic rings. The van der Waals surface area contributed by atoms with Crippen LogP contribution in [0.5, 0.6) is 0 Å². The van der Waals surface area contributed by atoms with E-state index >= 15 is 0 Å². The van der Waals surface area contributed by atoms with Gasteiger partial charge in [-0.15, -0.1) is 0 Å². The molecule has 1 N–H and O–H groups in total. The van der Waals surface area contributed by atoms with E-state index in [4.69, 9.17) is 0 Å². The molecule has 2 aromatic carbocycles. The zero-order valence-corrected chi connectivity index (χ0v) is 15.8. The van der Waals surface area contributed by atoms with Gasteiger partial charge in [0.25, 0.3) is 0 Å². The fraction of sp³-hybridized carbons (Fsp3) is 0.167. The molecule has 1 heterocycles. The number of carboxylic acids is 1. The van der Waals surface area contributed by atoms with Crippen molar-refractivity contribution in [2.24, 2.45) is 0 Å². The van der Waals surface area contributed by atoms with Crippen LogP contribution >= 0.6 is 31.9 Å². The van der Waals surface area contributed by atoms with Crippen LogP contribution in [0, 0.1) is 6.92 Å². The first kappa shape index (κ1) is 16.3. The highest BCUT2D eigenvalue weighted by Gasteiger charge is 2.24. The lowest BCUT2D eigenvalue weighted by Gasteiger charge is -2.10. The fourth-order valence-corrected chi connectivity index (χ4v) is 3.63. The summed E-state index contributed by atoms with van der Waals surface area (Å²) in [6.07, 6.45) is 0. The predicted molar refractivity (Wildman–Crippen MR) is 99.5 cm³/mol. The summed E-state index contributed by atoms with van der Waals surface area (Å²) in [5, 5.41) is 10.4. The van der Waals surface area contributed by atoms with E-state index in [9.17, 15) is 9.90 Å². The van der Waals surface area contributed by atoms with Gasteiger partial charge >= 0.3 is 5.97 Å². The third-order valence-electron chi connectivity index (χ3n) is 4.10. The molecular formula is C18H15Br2NO2. The smallest absolute Gasteiger partial charge is 0.310 e. The van der Waals surface area contributed by atoms with Gasteiger partial charge in [-0.25, -0.2) is 0 Å². The summed E-state index contributed by atoms with van der Waals surface area (Å²) in [6.45, 7) is 3.71. The number of benzene rings is 2. The second-order valence-corrected chi connectivity index (χ2v) is 7.36. The average molecular weight is 437 g/mol. The monoisotopic (exact) mass is 435 g/mol. The van der Waals surface area contributed by atoms with Crippen LogP contribution in [0.25, 0.3) is 16.6 Å². The van der Waals surface area contributed by atoms with Crippen LogP contribution in [-0.4, -0.2) is 15.6 Å². The third kappa shape index (κ3) is 2.83. The Bertz CT molecular complexity index is 898. The van der Waals surface area contributed by atoms with Gasteiger partial charge in [0.2, 0.25) is 0 Å². The molecule has 1 unspecified atom stereocenters. The van der Waals surface area contributed by atoms with Crippen molar-refractivity contribution < 1.29 is 9.90 Å². The topological polar surface area (TPSA) is 42.2 Å². The number of aliphatic carboxylic acids is 1. The van der Waals surface area contributed by atoms with E-state index in [1.165, 1.54) is 0 Å². The van der Waals surface area contributed by atoms with Crippen LogP contribution in [-0.2, 0) is 4.79 Å². The third-order valence-corrected chi connectivity index (χ3v) is 5.13. The van der Waals surface area contributed by atoms with Crippen LogP contribution in [0.4, 0.5) is 0 Å². The Kier molecular flexibility index (Phi) is 4.34. The minimum atomic E-state index is -0.817. The number of halogens is 2. The first-order chi connectivity index (χ1) is 10.9. The number of hydrogen-bond acceptors (Lipinski definition) is 1. The molecule has 0 amide bonds. The van der Waals surface area contributed by atoms with Crippen LogP contribution < -0.4 is 0 Å². The molecule has 118 valence electrons. The SMILES string of the molecule is Cc1c(C(C)C(=O)O)c2cc(Br)ccc2n1-c1ccc(Br)cc1. The quantitative estimate of drug-likeness (QED) is 0.576. The van der Waals surface area contributed by atoms with Crippen LogP contribution in [0.1, 0.15) is 24.1 Å². The van der Waals surface area contributed by atoms with Gasteiger partial charge in [-0.05, 0) is 61.9 Å². The molecule has 0 fully saturated rings. The highest BCUT2D eigenvalue weighted by Crippen LogP contribution is 2.36. The molecule has 0 saturated carbocycles. The predicted octanol–water partition coefficient (Wildman–Crippen LogP) is 5.65. The molecule has 0 radical (unpaired) electrons. The van der Waals surface area contributed by atoms with Gasteiger partial charge in [0.05, 0.1) is 11.4 Å². The molecular weight excluding hydrogens is 422 g/mol. The molecule has 3 rings (SSSR count). The summed E-state index contributed by atoms with van der Waals surface area (Å²) in [5.74, 6) is -1.38. The zero-order chi connectivity index (χ0) is 16.7. The van der Waals surface area contributed by atoms with E-state index in [2.05, 4.69) is 36.4 Å². The van der Waals surface area contributed by atoms with Crippen molar-refractivity contribution in [2.45, 2.75) is 19.8 Å². The van der Waals surface area contributed by atoms with Gasteiger partial charge in [-0.3, -0.25) is 4.79 Å². The van der Waals surface area contributed by atoms with Crippen molar-refractivity contribution in [3.05, 3.63) is 62.7 Å².